The zero-order chi connectivity index (χ0) is 14.2. The number of halogens is 1. The van der Waals surface area contributed by atoms with Gasteiger partial charge in [0.15, 0.2) is 0 Å². The molecule has 0 radical (unpaired) electrons. The predicted octanol–water partition coefficient (Wildman–Crippen LogP) is 2.52. The molecule has 2 rings (SSSR count). The van der Waals surface area contributed by atoms with E-state index in [4.69, 9.17) is 4.74 Å². The Kier molecular flexibility index (Phi) is 5.37. The van der Waals surface area contributed by atoms with E-state index in [1.54, 1.807) is 18.2 Å². The summed E-state index contributed by atoms with van der Waals surface area (Å²) in [6.07, 6.45) is 2.30. The lowest BCUT2D eigenvalue weighted by Crippen LogP contribution is -2.09. The number of nitrogens with zero attached hydrogens (tertiary/aromatic N) is 3. The summed E-state index contributed by atoms with van der Waals surface area (Å²) >= 11 is 0. The maximum Gasteiger partial charge on any atom is 0.243 e. The molecular formula is C14H17FN4O. The highest BCUT2D eigenvalue weighted by Gasteiger charge is 2.07. The van der Waals surface area contributed by atoms with Crippen molar-refractivity contribution >= 4 is 5.95 Å². The van der Waals surface area contributed by atoms with Crippen molar-refractivity contribution < 1.29 is 9.13 Å². The van der Waals surface area contributed by atoms with Gasteiger partial charge in [-0.3, -0.25) is 0 Å². The van der Waals surface area contributed by atoms with Crippen LogP contribution in [0.15, 0.2) is 30.5 Å². The van der Waals surface area contributed by atoms with Gasteiger partial charge in [-0.1, -0.05) is 12.1 Å². The van der Waals surface area contributed by atoms with Crippen molar-refractivity contribution in [2.24, 2.45) is 0 Å². The molecule has 0 spiro atoms. The van der Waals surface area contributed by atoms with Gasteiger partial charge in [0.1, 0.15) is 5.82 Å². The smallest absolute Gasteiger partial charge is 0.243 e. The summed E-state index contributed by atoms with van der Waals surface area (Å²) in [5.41, 5.74) is 0.880. The first kappa shape index (κ1) is 14.3. The maximum absolute atomic E-state index is 13.7. The minimum atomic E-state index is -0.324. The third kappa shape index (κ3) is 3.96. The summed E-state index contributed by atoms with van der Waals surface area (Å²) in [6, 6.07) is 6.46. The fourth-order valence-corrected chi connectivity index (χ4v) is 1.70. The lowest BCUT2D eigenvalue weighted by molar-refractivity contribution is 0.147. The molecule has 0 aliphatic carbocycles. The second kappa shape index (κ2) is 7.49. The highest BCUT2D eigenvalue weighted by molar-refractivity contribution is 5.59. The number of nitrogens with one attached hydrogen (secondary N) is 1. The molecule has 6 heteroatoms. The van der Waals surface area contributed by atoms with Gasteiger partial charge in [-0.05, 0) is 25.5 Å². The first-order chi connectivity index (χ1) is 9.81. The summed E-state index contributed by atoms with van der Waals surface area (Å²) in [5, 5.41) is 10.8. The minimum Gasteiger partial charge on any atom is -0.382 e. The largest absolute Gasteiger partial charge is 0.382 e. The highest BCUT2D eigenvalue weighted by Crippen LogP contribution is 2.19. The van der Waals surface area contributed by atoms with E-state index in [1.807, 2.05) is 6.92 Å². The first-order valence-electron chi connectivity index (χ1n) is 6.57. The SMILES string of the molecule is CCOCCCNc1nncc(-c2ccccc2F)n1. The average molecular weight is 276 g/mol. The Morgan fingerprint density at radius 3 is 2.95 bits per heavy atom. The van der Waals surface area contributed by atoms with Gasteiger partial charge in [0.05, 0.1) is 11.9 Å². The normalized spacial score (nSPS) is 10.5. The second-order valence-electron chi connectivity index (χ2n) is 4.12. The van der Waals surface area contributed by atoms with Gasteiger partial charge in [0, 0.05) is 25.3 Å². The van der Waals surface area contributed by atoms with E-state index < -0.39 is 0 Å². The topological polar surface area (TPSA) is 59.9 Å². The fourth-order valence-electron chi connectivity index (χ4n) is 1.70. The van der Waals surface area contributed by atoms with Gasteiger partial charge in [-0.25, -0.2) is 9.37 Å². The summed E-state index contributed by atoms with van der Waals surface area (Å²) in [6.45, 7) is 4.03. The van der Waals surface area contributed by atoms with E-state index in [1.165, 1.54) is 12.3 Å². The van der Waals surface area contributed by atoms with Gasteiger partial charge in [0.2, 0.25) is 5.95 Å². The standard InChI is InChI=1S/C14H17FN4O/c1-2-20-9-5-8-16-14-18-13(10-17-19-14)11-6-3-4-7-12(11)15/h3-4,6-7,10H,2,5,8-9H2,1H3,(H,16,18,19). The van der Waals surface area contributed by atoms with Crippen LogP contribution in [0.2, 0.25) is 0 Å². The monoisotopic (exact) mass is 276 g/mol. The van der Waals surface area contributed by atoms with Crippen LogP contribution in [0.4, 0.5) is 10.3 Å². The Balaban J connectivity index is 2.00. The molecule has 0 unspecified atom stereocenters. The number of hydrogen-bond donors (Lipinski definition) is 1. The van der Waals surface area contributed by atoms with E-state index in [0.29, 0.717) is 37.0 Å². The number of anilines is 1. The predicted molar refractivity (Wildman–Crippen MR) is 74.8 cm³/mol. The Morgan fingerprint density at radius 2 is 2.15 bits per heavy atom. The summed E-state index contributed by atoms with van der Waals surface area (Å²) in [7, 11) is 0. The molecule has 0 aliphatic rings. The van der Waals surface area contributed by atoms with Gasteiger partial charge >= 0.3 is 0 Å². The van der Waals surface area contributed by atoms with Gasteiger partial charge in [0.25, 0.3) is 0 Å². The number of hydrogen-bond acceptors (Lipinski definition) is 5. The van der Waals surface area contributed by atoms with Crippen molar-refractivity contribution in [2.75, 3.05) is 25.1 Å². The molecule has 0 bridgehead atoms. The Hall–Kier alpha value is -2.08. The van der Waals surface area contributed by atoms with Crippen molar-refractivity contribution in [2.45, 2.75) is 13.3 Å². The fraction of sp³-hybridized carbons (Fsp3) is 0.357. The van der Waals surface area contributed by atoms with Gasteiger partial charge in [-0.15, -0.1) is 5.10 Å². The van der Waals surface area contributed by atoms with Crippen molar-refractivity contribution in [3.8, 4) is 11.3 Å². The van der Waals surface area contributed by atoms with Crippen LogP contribution < -0.4 is 5.32 Å². The van der Waals surface area contributed by atoms with Crippen LogP contribution in [-0.2, 0) is 4.74 Å². The van der Waals surface area contributed by atoms with Crippen molar-refractivity contribution in [1.82, 2.24) is 15.2 Å². The Bertz CT molecular complexity index is 550. The van der Waals surface area contributed by atoms with Crippen LogP contribution in [0.5, 0.6) is 0 Å². The average Bonchev–Trinajstić information content (AvgIpc) is 2.48. The summed E-state index contributed by atoms with van der Waals surface area (Å²) in [5.74, 6) is 0.0672. The third-order valence-corrected chi connectivity index (χ3v) is 2.66. The number of benzene rings is 1. The first-order valence-corrected chi connectivity index (χ1v) is 6.57. The lowest BCUT2D eigenvalue weighted by Gasteiger charge is -2.06. The quantitative estimate of drug-likeness (QED) is 0.787. The van der Waals surface area contributed by atoms with Gasteiger partial charge < -0.3 is 10.1 Å². The van der Waals surface area contributed by atoms with Crippen LogP contribution in [0, 0.1) is 5.82 Å². The molecule has 0 fully saturated rings. The zero-order valence-electron chi connectivity index (χ0n) is 11.3. The molecule has 0 saturated heterocycles. The third-order valence-electron chi connectivity index (χ3n) is 2.66. The molecular weight excluding hydrogens is 259 g/mol. The van der Waals surface area contributed by atoms with Crippen LogP contribution in [0.1, 0.15) is 13.3 Å². The van der Waals surface area contributed by atoms with Crippen LogP contribution in [0.3, 0.4) is 0 Å². The van der Waals surface area contributed by atoms with E-state index in [2.05, 4.69) is 20.5 Å². The Morgan fingerprint density at radius 1 is 1.30 bits per heavy atom. The molecule has 1 aromatic heterocycles. The molecule has 20 heavy (non-hydrogen) atoms. The molecule has 1 heterocycles. The lowest BCUT2D eigenvalue weighted by atomic mass is 10.1. The van der Waals surface area contributed by atoms with Crippen molar-refractivity contribution in [3.63, 3.8) is 0 Å². The van der Waals surface area contributed by atoms with E-state index in [-0.39, 0.29) is 5.82 Å². The van der Waals surface area contributed by atoms with E-state index in [9.17, 15) is 4.39 Å². The summed E-state index contributed by atoms with van der Waals surface area (Å²) < 4.78 is 18.9. The molecule has 0 atom stereocenters. The van der Waals surface area contributed by atoms with Crippen LogP contribution in [-0.4, -0.2) is 34.9 Å². The number of ether oxygens (including phenoxy) is 1. The molecule has 1 N–H and O–H groups in total. The van der Waals surface area contributed by atoms with Gasteiger partial charge in [-0.2, -0.15) is 5.10 Å². The van der Waals surface area contributed by atoms with Crippen LogP contribution in [0.25, 0.3) is 11.3 Å². The second-order valence-corrected chi connectivity index (χ2v) is 4.12. The molecule has 0 amide bonds. The maximum atomic E-state index is 13.7. The molecule has 2 aromatic rings. The molecule has 1 aromatic carbocycles. The van der Waals surface area contributed by atoms with Crippen molar-refractivity contribution in [3.05, 3.63) is 36.3 Å². The number of rotatable bonds is 7. The summed E-state index contributed by atoms with van der Waals surface area (Å²) in [4.78, 5) is 4.26. The van der Waals surface area contributed by atoms with Crippen molar-refractivity contribution in [1.29, 1.82) is 0 Å². The molecule has 5 nitrogen and oxygen atoms in total. The molecule has 0 saturated carbocycles. The van der Waals surface area contributed by atoms with Crippen LogP contribution >= 0.6 is 0 Å². The van der Waals surface area contributed by atoms with E-state index in [0.717, 1.165) is 6.42 Å². The molecule has 106 valence electrons. The molecule has 0 aliphatic heterocycles. The van der Waals surface area contributed by atoms with E-state index >= 15 is 0 Å². The number of aromatic nitrogens is 3. The highest BCUT2D eigenvalue weighted by atomic mass is 19.1. The zero-order valence-corrected chi connectivity index (χ0v) is 11.3. The Labute approximate surface area is 117 Å². The minimum absolute atomic E-state index is 0.324.